The molecular formula is C11H16N2O3. The van der Waals surface area contributed by atoms with E-state index in [2.05, 4.69) is 10.3 Å². The minimum Gasteiger partial charge on any atom is -0.494 e. The van der Waals surface area contributed by atoms with Gasteiger partial charge in [0.05, 0.1) is 31.5 Å². The zero-order chi connectivity index (χ0) is 12.0. The van der Waals surface area contributed by atoms with Crippen molar-refractivity contribution in [2.24, 2.45) is 0 Å². The lowest BCUT2D eigenvalue weighted by Crippen LogP contribution is -2.37. The Bertz CT molecular complexity index is 351. The Morgan fingerprint density at radius 3 is 3.00 bits per heavy atom. The van der Waals surface area contributed by atoms with Gasteiger partial charge in [0.25, 0.3) is 5.91 Å². The third-order valence-corrected chi connectivity index (χ3v) is 2.30. The fourth-order valence-electron chi connectivity index (χ4n) is 1.27. The van der Waals surface area contributed by atoms with Gasteiger partial charge in [-0.2, -0.15) is 0 Å². The van der Waals surface area contributed by atoms with Crippen LogP contribution in [-0.4, -0.2) is 35.8 Å². The second kappa shape index (κ2) is 6.07. The number of amides is 1. The van der Waals surface area contributed by atoms with Crippen molar-refractivity contribution < 1.29 is 14.6 Å². The van der Waals surface area contributed by atoms with Crippen molar-refractivity contribution in [1.82, 2.24) is 10.3 Å². The molecule has 0 saturated heterocycles. The first kappa shape index (κ1) is 12.4. The zero-order valence-electron chi connectivity index (χ0n) is 9.43. The summed E-state index contributed by atoms with van der Waals surface area (Å²) in [5.74, 6) is 0.160. The molecule has 0 aromatic carbocycles. The van der Waals surface area contributed by atoms with Crippen LogP contribution in [0, 0.1) is 0 Å². The van der Waals surface area contributed by atoms with Crippen molar-refractivity contribution in [2.45, 2.75) is 19.4 Å². The molecule has 88 valence electrons. The first-order valence-corrected chi connectivity index (χ1v) is 5.12. The van der Waals surface area contributed by atoms with Crippen LogP contribution in [0.4, 0.5) is 0 Å². The maximum absolute atomic E-state index is 11.8. The SMILES string of the molecule is CCC(CO)NC(=O)c1ccncc1OC. The molecule has 0 bridgehead atoms. The second-order valence-corrected chi connectivity index (χ2v) is 3.34. The molecule has 1 amide bonds. The van der Waals surface area contributed by atoms with E-state index >= 15 is 0 Å². The van der Waals surface area contributed by atoms with Crippen molar-refractivity contribution >= 4 is 5.91 Å². The average Bonchev–Trinajstić information content (AvgIpc) is 2.35. The molecule has 0 aliphatic carbocycles. The first-order valence-electron chi connectivity index (χ1n) is 5.12. The standard InChI is InChI=1S/C11H16N2O3/c1-3-8(7-14)13-11(15)9-4-5-12-6-10(9)16-2/h4-6,8,14H,3,7H2,1-2H3,(H,13,15). The topological polar surface area (TPSA) is 71.5 Å². The van der Waals surface area contributed by atoms with Gasteiger partial charge in [-0.3, -0.25) is 9.78 Å². The van der Waals surface area contributed by atoms with Gasteiger partial charge in [0.15, 0.2) is 0 Å². The molecule has 0 aliphatic rings. The van der Waals surface area contributed by atoms with Gasteiger partial charge in [-0.05, 0) is 12.5 Å². The van der Waals surface area contributed by atoms with Crippen LogP contribution < -0.4 is 10.1 Å². The van der Waals surface area contributed by atoms with Crippen LogP contribution >= 0.6 is 0 Å². The van der Waals surface area contributed by atoms with Crippen molar-refractivity contribution in [3.63, 3.8) is 0 Å². The van der Waals surface area contributed by atoms with Crippen LogP contribution in [0.3, 0.4) is 0 Å². The molecule has 16 heavy (non-hydrogen) atoms. The third kappa shape index (κ3) is 2.93. The lowest BCUT2D eigenvalue weighted by molar-refractivity contribution is 0.0911. The summed E-state index contributed by atoms with van der Waals surface area (Å²) in [7, 11) is 1.48. The number of rotatable bonds is 5. The summed E-state index contributed by atoms with van der Waals surface area (Å²) in [5, 5.41) is 11.7. The van der Waals surface area contributed by atoms with Crippen LogP contribution in [0.2, 0.25) is 0 Å². The number of hydrogen-bond acceptors (Lipinski definition) is 4. The van der Waals surface area contributed by atoms with E-state index in [-0.39, 0.29) is 18.6 Å². The molecule has 0 radical (unpaired) electrons. The number of methoxy groups -OCH3 is 1. The summed E-state index contributed by atoms with van der Waals surface area (Å²) < 4.78 is 5.03. The zero-order valence-corrected chi connectivity index (χ0v) is 9.43. The maximum atomic E-state index is 11.8. The lowest BCUT2D eigenvalue weighted by atomic mass is 10.2. The molecule has 0 fully saturated rings. The molecule has 0 saturated carbocycles. The Balaban J connectivity index is 2.79. The van der Waals surface area contributed by atoms with Crippen molar-refractivity contribution in [1.29, 1.82) is 0 Å². The van der Waals surface area contributed by atoms with Gasteiger partial charge in [0.2, 0.25) is 0 Å². The highest BCUT2D eigenvalue weighted by molar-refractivity contribution is 5.96. The van der Waals surface area contributed by atoms with Crippen molar-refractivity contribution in [3.05, 3.63) is 24.0 Å². The largest absolute Gasteiger partial charge is 0.494 e. The molecule has 2 N–H and O–H groups in total. The molecule has 0 spiro atoms. The molecule has 1 aromatic rings. The smallest absolute Gasteiger partial charge is 0.255 e. The van der Waals surface area contributed by atoms with Crippen LogP contribution in [0.25, 0.3) is 0 Å². The molecule has 1 atom stereocenters. The predicted molar refractivity (Wildman–Crippen MR) is 59.4 cm³/mol. The molecule has 5 heteroatoms. The minimum absolute atomic E-state index is 0.0738. The van der Waals surface area contributed by atoms with E-state index in [9.17, 15) is 4.79 Å². The Morgan fingerprint density at radius 1 is 1.69 bits per heavy atom. The number of nitrogens with zero attached hydrogens (tertiary/aromatic N) is 1. The minimum atomic E-state index is -0.264. The summed E-state index contributed by atoms with van der Waals surface area (Å²) in [5.41, 5.74) is 0.421. The average molecular weight is 224 g/mol. The predicted octanol–water partition coefficient (Wildman–Crippen LogP) is 0.591. The highest BCUT2D eigenvalue weighted by atomic mass is 16.5. The summed E-state index contributed by atoms with van der Waals surface area (Å²) >= 11 is 0. The van der Waals surface area contributed by atoms with E-state index in [4.69, 9.17) is 9.84 Å². The third-order valence-electron chi connectivity index (χ3n) is 2.30. The number of nitrogens with one attached hydrogen (secondary N) is 1. The fourth-order valence-corrected chi connectivity index (χ4v) is 1.27. The first-order chi connectivity index (χ1) is 7.72. The van der Waals surface area contributed by atoms with E-state index in [1.54, 1.807) is 6.07 Å². The van der Waals surface area contributed by atoms with Gasteiger partial charge < -0.3 is 15.2 Å². The summed E-state index contributed by atoms with van der Waals surface area (Å²) in [6.45, 7) is 1.82. The number of carbonyl (C=O) groups is 1. The number of aliphatic hydroxyl groups excluding tert-OH is 1. The number of hydrogen-bond donors (Lipinski definition) is 2. The highest BCUT2D eigenvalue weighted by Gasteiger charge is 2.15. The number of carbonyl (C=O) groups excluding carboxylic acids is 1. The Morgan fingerprint density at radius 2 is 2.44 bits per heavy atom. The fraction of sp³-hybridized carbons (Fsp3) is 0.455. The Labute approximate surface area is 94.5 Å². The molecule has 5 nitrogen and oxygen atoms in total. The van der Waals surface area contributed by atoms with Gasteiger partial charge in [-0.25, -0.2) is 0 Å². The monoisotopic (exact) mass is 224 g/mol. The van der Waals surface area contributed by atoms with Crippen LogP contribution in [0.1, 0.15) is 23.7 Å². The van der Waals surface area contributed by atoms with Crippen LogP contribution in [0.15, 0.2) is 18.5 Å². The van der Waals surface area contributed by atoms with Gasteiger partial charge >= 0.3 is 0 Å². The van der Waals surface area contributed by atoms with E-state index < -0.39 is 0 Å². The number of pyridine rings is 1. The number of aliphatic hydroxyl groups is 1. The van der Waals surface area contributed by atoms with Crippen molar-refractivity contribution in [3.8, 4) is 5.75 Å². The van der Waals surface area contributed by atoms with Gasteiger partial charge in [0, 0.05) is 6.20 Å². The summed E-state index contributed by atoms with van der Waals surface area (Å²) in [4.78, 5) is 15.7. The highest BCUT2D eigenvalue weighted by Crippen LogP contribution is 2.15. The lowest BCUT2D eigenvalue weighted by Gasteiger charge is -2.15. The van der Waals surface area contributed by atoms with E-state index in [1.165, 1.54) is 19.5 Å². The number of ether oxygens (including phenoxy) is 1. The molecule has 1 aromatic heterocycles. The number of aromatic nitrogens is 1. The molecule has 1 rings (SSSR count). The summed E-state index contributed by atoms with van der Waals surface area (Å²) in [6.07, 6.45) is 3.68. The van der Waals surface area contributed by atoms with E-state index in [0.717, 1.165) is 0 Å². The quantitative estimate of drug-likeness (QED) is 0.768. The molecular weight excluding hydrogens is 208 g/mol. The second-order valence-electron chi connectivity index (χ2n) is 3.34. The van der Waals surface area contributed by atoms with Crippen LogP contribution in [-0.2, 0) is 0 Å². The molecule has 0 aliphatic heterocycles. The molecule has 1 heterocycles. The summed E-state index contributed by atoms with van der Waals surface area (Å²) in [6, 6.07) is 1.35. The van der Waals surface area contributed by atoms with Crippen molar-refractivity contribution in [2.75, 3.05) is 13.7 Å². The van der Waals surface area contributed by atoms with Crippen LogP contribution in [0.5, 0.6) is 5.75 Å². The van der Waals surface area contributed by atoms with Gasteiger partial charge in [0.1, 0.15) is 5.75 Å². The normalized spacial score (nSPS) is 11.9. The maximum Gasteiger partial charge on any atom is 0.255 e. The van der Waals surface area contributed by atoms with E-state index in [1.807, 2.05) is 6.92 Å². The van der Waals surface area contributed by atoms with E-state index in [0.29, 0.717) is 17.7 Å². The Kier molecular flexibility index (Phi) is 4.72. The Hall–Kier alpha value is -1.62. The van der Waals surface area contributed by atoms with Gasteiger partial charge in [-0.15, -0.1) is 0 Å². The molecule has 1 unspecified atom stereocenters. The van der Waals surface area contributed by atoms with Gasteiger partial charge in [-0.1, -0.05) is 6.92 Å².